The molecule has 0 bridgehead atoms. The van der Waals surface area contributed by atoms with E-state index in [0.717, 1.165) is 21.1 Å². The Kier molecular flexibility index (Phi) is 4.74. The summed E-state index contributed by atoms with van der Waals surface area (Å²) in [5.41, 5.74) is 4.07. The van der Waals surface area contributed by atoms with Gasteiger partial charge in [0.25, 0.3) is 0 Å². The molecule has 1 aromatic carbocycles. The number of benzene rings is 1. The van der Waals surface area contributed by atoms with Crippen LogP contribution in [-0.4, -0.2) is 21.2 Å². The fourth-order valence-corrected chi connectivity index (χ4v) is 3.71. The average molecular weight is 400 g/mol. The standard InChI is InChI=1S/C18H14BrN3OS/c1-11-7-12(2)17-15(8-20)18(21-22(17)9-11)24-10-16(23)13-3-5-14(19)6-4-13/h3-7,9H,10H2,1-2H3. The van der Waals surface area contributed by atoms with E-state index in [1.54, 1.807) is 16.6 Å². The summed E-state index contributed by atoms with van der Waals surface area (Å²) in [5.74, 6) is 0.263. The van der Waals surface area contributed by atoms with Crippen LogP contribution in [0.1, 0.15) is 27.0 Å². The topological polar surface area (TPSA) is 58.2 Å². The number of rotatable bonds is 4. The molecule has 0 saturated heterocycles. The van der Waals surface area contributed by atoms with Gasteiger partial charge in [0, 0.05) is 16.2 Å². The number of pyridine rings is 1. The van der Waals surface area contributed by atoms with Gasteiger partial charge in [-0.15, -0.1) is 0 Å². The Hall–Kier alpha value is -2.10. The number of aromatic nitrogens is 2. The van der Waals surface area contributed by atoms with Crippen molar-refractivity contribution in [2.24, 2.45) is 0 Å². The number of carbonyl (C=O) groups excluding carboxylic acids is 1. The summed E-state index contributed by atoms with van der Waals surface area (Å²) < 4.78 is 2.67. The number of thioether (sulfide) groups is 1. The molecular formula is C18H14BrN3OS. The van der Waals surface area contributed by atoms with E-state index in [9.17, 15) is 10.1 Å². The van der Waals surface area contributed by atoms with E-state index in [-0.39, 0.29) is 11.5 Å². The largest absolute Gasteiger partial charge is 0.293 e. The van der Waals surface area contributed by atoms with Crippen molar-refractivity contribution in [1.29, 1.82) is 5.26 Å². The molecule has 6 heteroatoms. The number of carbonyl (C=O) groups is 1. The second-order valence-corrected chi connectivity index (χ2v) is 7.38. The minimum Gasteiger partial charge on any atom is -0.293 e. The van der Waals surface area contributed by atoms with Crippen molar-refractivity contribution in [1.82, 2.24) is 9.61 Å². The van der Waals surface area contributed by atoms with Crippen LogP contribution in [0.2, 0.25) is 0 Å². The first kappa shape index (κ1) is 16.7. The van der Waals surface area contributed by atoms with Crippen LogP contribution in [0.25, 0.3) is 5.52 Å². The zero-order valence-electron chi connectivity index (χ0n) is 13.2. The summed E-state index contributed by atoms with van der Waals surface area (Å²) in [6.45, 7) is 3.95. The number of fused-ring (bicyclic) bond motifs is 1. The lowest BCUT2D eigenvalue weighted by Crippen LogP contribution is -2.02. The molecular weight excluding hydrogens is 386 g/mol. The first-order chi connectivity index (χ1) is 11.5. The van der Waals surface area contributed by atoms with Crippen molar-refractivity contribution in [3.8, 4) is 6.07 Å². The highest BCUT2D eigenvalue weighted by Gasteiger charge is 2.17. The van der Waals surface area contributed by atoms with Gasteiger partial charge >= 0.3 is 0 Å². The monoisotopic (exact) mass is 399 g/mol. The van der Waals surface area contributed by atoms with Crippen LogP contribution >= 0.6 is 27.7 Å². The number of hydrogen-bond acceptors (Lipinski definition) is 4. The first-order valence-corrected chi connectivity index (χ1v) is 9.08. The lowest BCUT2D eigenvalue weighted by Gasteiger charge is -2.00. The van der Waals surface area contributed by atoms with Crippen molar-refractivity contribution in [3.63, 3.8) is 0 Å². The molecule has 0 aliphatic carbocycles. The number of nitrogens with zero attached hydrogens (tertiary/aromatic N) is 3. The van der Waals surface area contributed by atoms with E-state index in [1.165, 1.54) is 11.8 Å². The predicted octanol–water partition coefficient (Wildman–Crippen LogP) is 4.56. The van der Waals surface area contributed by atoms with Crippen LogP contribution in [0, 0.1) is 25.2 Å². The van der Waals surface area contributed by atoms with Gasteiger partial charge < -0.3 is 0 Å². The van der Waals surface area contributed by atoms with Gasteiger partial charge in [0.15, 0.2) is 5.78 Å². The van der Waals surface area contributed by atoms with Crippen LogP contribution in [0.4, 0.5) is 0 Å². The second-order valence-electron chi connectivity index (χ2n) is 5.50. The van der Waals surface area contributed by atoms with Gasteiger partial charge in [0.1, 0.15) is 16.7 Å². The molecule has 2 aromatic heterocycles. The molecule has 3 rings (SSSR count). The third kappa shape index (κ3) is 3.23. The Labute approximate surface area is 152 Å². The molecule has 4 nitrogen and oxygen atoms in total. The van der Waals surface area contributed by atoms with Crippen molar-refractivity contribution in [2.45, 2.75) is 18.9 Å². The number of hydrogen-bond donors (Lipinski definition) is 0. The Morgan fingerprint density at radius 1 is 1.33 bits per heavy atom. The Balaban J connectivity index is 1.88. The molecule has 0 radical (unpaired) electrons. The number of ketones is 1. The molecule has 0 unspecified atom stereocenters. The molecule has 0 amide bonds. The third-order valence-electron chi connectivity index (χ3n) is 3.64. The minimum atomic E-state index is 0.0151. The van der Waals surface area contributed by atoms with Gasteiger partial charge in [0.05, 0.1) is 11.3 Å². The van der Waals surface area contributed by atoms with E-state index in [2.05, 4.69) is 27.1 Å². The third-order valence-corrected chi connectivity index (χ3v) is 5.13. The van der Waals surface area contributed by atoms with Gasteiger partial charge in [-0.1, -0.05) is 45.9 Å². The van der Waals surface area contributed by atoms with Crippen LogP contribution in [0.5, 0.6) is 0 Å². The molecule has 0 spiro atoms. The van der Waals surface area contributed by atoms with Crippen LogP contribution in [0.3, 0.4) is 0 Å². The highest BCUT2D eigenvalue weighted by molar-refractivity contribution is 9.10. The predicted molar refractivity (Wildman–Crippen MR) is 98.6 cm³/mol. The highest BCUT2D eigenvalue weighted by Crippen LogP contribution is 2.28. The van der Waals surface area contributed by atoms with Gasteiger partial charge in [-0.25, -0.2) is 4.52 Å². The maximum absolute atomic E-state index is 12.3. The van der Waals surface area contributed by atoms with Crippen molar-refractivity contribution < 1.29 is 4.79 Å². The van der Waals surface area contributed by atoms with Gasteiger partial charge in [-0.05, 0) is 37.1 Å². The number of Topliss-reactive ketones (excluding diaryl/α,β-unsaturated/α-hetero) is 1. The molecule has 0 aliphatic rings. The summed E-state index contributed by atoms with van der Waals surface area (Å²) in [7, 11) is 0. The maximum atomic E-state index is 12.3. The summed E-state index contributed by atoms with van der Waals surface area (Å²) >= 11 is 4.66. The number of halogens is 1. The van der Waals surface area contributed by atoms with Gasteiger partial charge in [-0.2, -0.15) is 10.4 Å². The van der Waals surface area contributed by atoms with Crippen LogP contribution < -0.4 is 0 Å². The Morgan fingerprint density at radius 2 is 2.04 bits per heavy atom. The van der Waals surface area contributed by atoms with Crippen molar-refractivity contribution >= 4 is 39.0 Å². The zero-order valence-corrected chi connectivity index (χ0v) is 15.6. The number of nitriles is 1. The minimum absolute atomic E-state index is 0.0151. The molecule has 0 N–H and O–H groups in total. The van der Waals surface area contributed by atoms with Gasteiger partial charge in [-0.3, -0.25) is 4.79 Å². The van der Waals surface area contributed by atoms with Crippen molar-refractivity contribution in [3.05, 3.63) is 63.3 Å². The molecule has 0 aliphatic heterocycles. The van der Waals surface area contributed by atoms with E-state index in [1.807, 2.05) is 38.2 Å². The Bertz CT molecular complexity index is 971. The molecule has 2 heterocycles. The summed E-state index contributed by atoms with van der Waals surface area (Å²) in [4.78, 5) is 12.3. The lowest BCUT2D eigenvalue weighted by atomic mass is 10.1. The second kappa shape index (κ2) is 6.80. The fraction of sp³-hybridized carbons (Fsp3) is 0.167. The van der Waals surface area contributed by atoms with E-state index in [4.69, 9.17) is 0 Å². The molecule has 3 aromatic rings. The zero-order chi connectivity index (χ0) is 17.3. The van der Waals surface area contributed by atoms with E-state index in [0.29, 0.717) is 16.2 Å². The molecule has 120 valence electrons. The quantitative estimate of drug-likeness (QED) is 0.476. The molecule has 24 heavy (non-hydrogen) atoms. The normalized spacial score (nSPS) is 10.8. The van der Waals surface area contributed by atoms with Crippen LogP contribution in [0.15, 0.2) is 46.0 Å². The van der Waals surface area contributed by atoms with E-state index < -0.39 is 0 Å². The van der Waals surface area contributed by atoms with Crippen LogP contribution in [-0.2, 0) is 0 Å². The highest BCUT2D eigenvalue weighted by atomic mass is 79.9. The molecule has 0 saturated carbocycles. The van der Waals surface area contributed by atoms with E-state index >= 15 is 0 Å². The molecule has 0 atom stereocenters. The summed E-state index contributed by atoms with van der Waals surface area (Å²) in [6, 6.07) is 11.5. The van der Waals surface area contributed by atoms with Gasteiger partial charge in [0.2, 0.25) is 0 Å². The molecule has 0 fully saturated rings. The average Bonchev–Trinajstić information content (AvgIpc) is 2.90. The summed E-state index contributed by atoms with van der Waals surface area (Å²) in [5, 5.41) is 14.6. The fourth-order valence-electron chi connectivity index (χ4n) is 2.58. The van der Waals surface area contributed by atoms with Crippen molar-refractivity contribution in [2.75, 3.05) is 5.75 Å². The summed E-state index contributed by atoms with van der Waals surface area (Å²) in [6.07, 6.45) is 1.89. The maximum Gasteiger partial charge on any atom is 0.173 e. The number of aryl methyl sites for hydroxylation is 2. The SMILES string of the molecule is Cc1cc(C)c2c(C#N)c(SCC(=O)c3ccc(Br)cc3)nn2c1. The lowest BCUT2D eigenvalue weighted by molar-refractivity contribution is 0.102. The first-order valence-electron chi connectivity index (χ1n) is 7.31. The smallest absolute Gasteiger partial charge is 0.173 e. The Morgan fingerprint density at radius 3 is 2.71 bits per heavy atom.